The van der Waals surface area contributed by atoms with Crippen LogP contribution in [0.1, 0.15) is 12.5 Å². The van der Waals surface area contributed by atoms with E-state index in [1.54, 1.807) is 24.0 Å². The first kappa shape index (κ1) is 17.4. The average Bonchev–Trinajstić information content (AvgIpc) is 2.35. The molecule has 0 bridgehead atoms. The molecule has 1 aromatic carbocycles. The second-order valence-corrected chi connectivity index (χ2v) is 4.80. The van der Waals surface area contributed by atoms with Gasteiger partial charge in [0.25, 0.3) is 0 Å². The van der Waals surface area contributed by atoms with Gasteiger partial charge < -0.3 is 4.90 Å². The SMILES string of the molecule is CCN(CC(=O)N(C)CC(F)(F)F)Cc1cccc(F)c1. The summed E-state index contributed by atoms with van der Waals surface area (Å²) in [4.78, 5) is 14.1. The predicted octanol–water partition coefficient (Wildman–Crippen LogP) is 2.67. The van der Waals surface area contributed by atoms with E-state index >= 15 is 0 Å². The van der Waals surface area contributed by atoms with E-state index in [1.165, 1.54) is 12.1 Å². The summed E-state index contributed by atoms with van der Waals surface area (Å²) in [6.45, 7) is 1.15. The normalized spacial score (nSPS) is 11.8. The van der Waals surface area contributed by atoms with E-state index in [9.17, 15) is 22.4 Å². The molecule has 21 heavy (non-hydrogen) atoms. The van der Waals surface area contributed by atoms with Crippen LogP contribution in [-0.2, 0) is 11.3 Å². The Hall–Kier alpha value is -1.63. The molecule has 0 unspecified atom stereocenters. The number of likely N-dealkylation sites (N-methyl/N-ethyl adjacent to an activating group) is 2. The predicted molar refractivity (Wildman–Crippen MR) is 71.0 cm³/mol. The molecule has 0 aliphatic rings. The van der Waals surface area contributed by atoms with Crippen molar-refractivity contribution >= 4 is 5.91 Å². The summed E-state index contributed by atoms with van der Waals surface area (Å²) < 4.78 is 49.8. The monoisotopic (exact) mass is 306 g/mol. The Kier molecular flexibility index (Phi) is 6.14. The quantitative estimate of drug-likeness (QED) is 0.754. The second-order valence-electron chi connectivity index (χ2n) is 4.80. The molecule has 0 radical (unpaired) electrons. The van der Waals surface area contributed by atoms with Crippen molar-refractivity contribution in [2.75, 3.05) is 26.7 Å². The summed E-state index contributed by atoms with van der Waals surface area (Å²) in [7, 11) is 1.12. The molecule has 0 spiro atoms. The molecule has 0 aliphatic carbocycles. The summed E-state index contributed by atoms with van der Waals surface area (Å²) in [5.41, 5.74) is 0.670. The van der Waals surface area contributed by atoms with Gasteiger partial charge >= 0.3 is 6.18 Å². The summed E-state index contributed by atoms with van der Waals surface area (Å²) in [5, 5.41) is 0. The van der Waals surface area contributed by atoms with Crippen molar-refractivity contribution in [1.82, 2.24) is 9.80 Å². The van der Waals surface area contributed by atoms with Crippen LogP contribution in [0.25, 0.3) is 0 Å². The number of rotatable bonds is 6. The molecule has 1 amide bonds. The standard InChI is InChI=1S/C14H18F4N2O/c1-3-20(8-11-5-4-6-12(15)7-11)9-13(21)19(2)10-14(16,17)18/h4-7H,3,8-10H2,1-2H3. The number of carbonyl (C=O) groups excluding carboxylic acids is 1. The lowest BCUT2D eigenvalue weighted by molar-refractivity contribution is -0.159. The maximum Gasteiger partial charge on any atom is 0.406 e. The second kappa shape index (κ2) is 7.40. The van der Waals surface area contributed by atoms with Gasteiger partial charge in [-0.25, -0.2) is 4.39 Å². The largest absolute Gasteiger partial charge is 0.406 e. The minimum atomic E-state index is -4.41. The first-order chi connectivity index (χ1) is 9.71. The molecule has 118 valence electrons. The van der Waals surface area contributed by atoms with Crippen LogP contribution in [0, 0.1) is 5.82 Å². The van der Waals surface area contributed by atoms with Gasteiger partial charge in [0.1, 0.15) is 12.4 Å². The lowest BCUT2D eigenvalue weighted by Crippen LogP contribution is -2.42. The van der Waals surface area contributed by atoms with Crippen LogP contribution in [0.4, 0.5) is 17.6 Å². The Balaban J connectivity index is 2.59. The lowest BCUT2D eigenvalue weighted by Gasteiger charge is -2.24. The summed E-state index contributed by atoms with van der Waals surface area (Å²) in [6.07, 6.45) is -4.41. The fraction of sp³-hybridized carbons (Fsp3) is 0.500. The zero-order valence-electron chi connectivity index (χ0n) is 12.0. The zero-order valence-corrected chi connectivity index (χ0v) is 12.0. The van der Waals surface area contributed by atoms with Crippen molar-refractivity contribution in [3.8, 4) is 0 Å². The Labute approximate surface area is 121 Å². The molecule has 0 aromatic heterocycles. The zero-order chi connectivity index (χ0) is 16.0. The molecule has 7 heteroatoms. The maximum atomic E-state index is 13.1. The van der Waals surface area contributed by atoms with Gasteiger partial charge in [-0.1, -0.05) is 19.1 Å². The highest BCUT2D eigenvalue weighted by molar-refractivity contribution is 5.78. The van der Waals surface area contributed by atoms with Crippen LogP contribution >= 0.6 is 0 Å². The highest BCUT2D eigenvalue weighted by atomic mass is 19.4. The van der Waals surface area contributed by atoms with Gasteiger partial charge in [-0.3, -0.25) is 9.69 Å². The Morgan fingerprint density at radius 1 is 1.29 bits per heavy atom. The topological polar surface area (TPSA) is 23.6 Å². The highest BCUT2D eigenvalue weighted by Gasteiger charge is 2.31. The summed E-state index contributed by atoms with van der Waals surface area (Å²) >= 11 is 0. The van der Waals surface area contributed by atoms with E-state index in [0.717, 1.165) is 7.05 Å². The van der Waals surface area contributed by atoms with Crippen molar-refractivity contribution < 1.29 is 22.4 Å². The van der Waals surface area contributed by atoms with E-state index in [4.69, 9.17) is 0 Å². The number of amides is 1. The molecule has 3 nitrogen and oxygen atoms in total. The lowest BCUT2D eigenvalue weighted by atomic mass is 10.2. The van der Waals surface area contributed by atoms with E-state index in [2.05, 4.69) is 0 Å². The van der Waals surface area contributed by atoms with Crippen LogP contribution in [-0.4, -0.2) is 48.6 Å². The van der Waals surface area contributed by atoms with Crippen LogP contribution < -0.4 is 0 Å². The summed E-state index contributed by atoms with van der Waals surface area (Å²) in [5.74, 6) is -1.00. The van der Waals surface area contributed by atoms with Crippen molar-refractivity contribution in [2.45, 2.75) is 19.6 Å². The number of hydrogen-bond acceptors (Lipinski definition) is 2. The fourth-order valence-electron chi connectivity index (χ4n) is 1.84. The first-order valence-electron chi connectivity index (χ1n) is 6.48. The molecule has 0 aliphatic heterocycles. The third-order valence-electron chi connectivity index (χ3n) is 2.94. The van der Waals surface area contributed by atoms with E-state index in [-0.39, 0.29) is 12.4 Å². The van der Waals surface area contributed by atoms with Crippen molar-refractivity contribution in [3.05, 3.63) is 35.6 Å². The first-order valence-corrected chi connectivity index (χ1v) is 6.48. The molecule has 1 aromatic rings. The van der Waals surface area contributed by atoms with Crippen LogP contribution in [0.3, 0.4) is 0 Å². The molecule has 0 N–H and O–H groups in total. The number of halogens is 4. The van der Waals surface area contributed by atoms with Gasteiger partial charge in [-0.2, -0.15) is 13.2 Å². The third-order valence-corrected chi connectivity index (χ3v) is 2.94. The van der Waals surface area contributed by atoms with Gasteiger partial charge in [0.15, 0.2) is 0 Å². The number of alkyl halides is 3. The maximum absolute atomic E-state index is 13.1. The Bertz CT molecular complexity index is 476. The Morgan fingerprint density at radius 2 is 1.95 bits per heavy atom. The minimum Gasteiger partial charge on any atom is -0.336 e. The van der Waals surface area contributed by atoms with Crippen molar-refractivity contribution in [3.63, 3.8) is 0 Å². The molecule has 0 heterocycles. The van der Waals surface area contributed by atoms with Gasteiger partial charge in [0.05, 0.1) is 6.54 Å². The van der Waals surface area contributed by atoms with Crippen molar-refractivity contribution in [2.24, 2.45) is 0 Å². The van der Waals surface area contributed by atoms with E-state index < -0.39 is 18.6 Å². The summed E-state index contributed by atoms with van der Waals surface area (Å²) in [6, 6.07) is 5.90. The minimum absolute atomic E-state index is 0.139. The smallest absolute Gasteiger partial charge is 0.336 e. The molecule has 0 fully saturated rings. The number of nitrogens with zero attached hydrogens (tertiary/aromatic N) is 2. The van der Waals surface area contributed by atoms with Gasteiger partial charge in [-0.05, 0) is 24.2 Å². The molecule has 1 rings (SSSR count). The highest BCUT2D eigenvalue weighted by Crippen LogP contribution is 2.16. The average molecular weight is 306 g/mol. The molecular weight excluding hydrogens is 288 g/mol. The molecule has 0 saturated heterocycles. The van der Waals surface area contributed by atoms with E-state index in [1.807, 2.05) is 0 Å². The van der Waals surface area contributed by atoms with Crippen LogP contribution in [0.5, 0.6) is 0 Å². The van der Waals surface area contributed by atoms with Gasteiger partial charge in [-0.15, -0.1) is 0 Å². The Morgan fingerprint density at radius 3 is 2.48 bits per heavy atom. The number of carbonyl (C=O) groups is 1. The van der Waals surface area contributed by atoms with Gasteiger partial charge in [0.2, 0.25) is 5.91 Å². The third kappa shape index (κ3) is 6.57. The van der Waals surface area contributed by atoms with Crippen LogP contribution in [0.2, 0.25) is 0 Å². The van der Waals surface area contributed by atoms with Gasteiger partial charge in [0, 0.05) is 13.6 Å². The molecular formula is C14H18F4N2O. The van der Waals surface area contributed by atoms with Crippen LogP contribution in [0.15, 0.2) is 24.3 Å². The molecule has 0 saturated carbocycles. The van der Waals surface area contributed by atoms with Crippen molar-refractivity contribution in [1.29, 1.82) is 0 Å². The molecule has 0 atom stereocenters. The van der Waals surface area contributed by atoms with E-state index in [0.29, 0.717) is 23.6 Å². The number of hydrogen-bond donors (Lipinski definition) is 0. The number of benzene rings is 1. The fourth-order valence-corrected chi connectivity index (χ4v) is 1.84.